The molecule has 0 fully saturated rings. The van der Waals surface area contributed by atoms with Gasteiger partial charge in [-0.25, -0.2) is 0 Å². The number of benzene rings is 2. The van der Waals surface area contributed by atoms with Crippen LogP contribution in [0, 0.1) is 5.92 Å². The van der Waals surface area contributed by atoms with Crippen LogP contribution in [0.15, 0.2) is 60.7 Å². The van der Waals surface area contributed by atoms with Crippen molar-refractivity contribution in [2.45, 2.75) is 39.2 Å². The molecule has 0 aliphatic heterocycles. The molecular formula is C20H27N. The Labute approximate surface area is 129 Å². The second-order valence-corrected chi connectivity index (χ2v) is 5.73. The molecule has 0 aliphatic carbocycles. The van der Waals surface area contributed by atoms with Crippen molar-refractivity contribution in [3.8, 4) is 0 Å². The minimum Gasteiger partial charge on any atom is -0.314 e. The van der Waals surface area contributed by atoms with Crippen molar-refractivity contribution in [1.29, 1.82) is 0 Å². The summed E-state index contributed by atoms with van der Waals surface area (Å²) >= 11 is 0. The Morgan fingerprint density at radius 2 is 1.29 bits per heavy atom. The summed E-state index contributed by atoms with van der Waals surface area (Å²) in [6, 6.07) is 22.3. The zero-order valence-corrected chi connectivity index (χ0v) is 13.4. The lowest BCUT2D eigenvalue weighted by molar-refractivity contribution is 0.343. The molecule has 2 unspecified atom stereocenters. The molecular weight excluding hydrogens is 254 g/mol. The predicted octanol–water partition coefficient (Wildman–Crippen LogP) is 4.84. The molecule has 1 heteroatoms. The highest BCUT2D eigenvalue weighted by Crippen LogP contribution is 2.34. The van der Waals surface area contributed by atoms with E-state index in [1.807, 2.05) is 0 Å². The van der Waals surface area contributed by atoms with Gasteiger partial charge in [-0.15, -0.1) is 0 Å². The first-order valence-electron chi connectivity index (χ1n) is 8.11. The lowest BCUT2D eigenvalue weighted by Crippen LogP contribution is -2.37. The van der Waals surface area contributed by atoms with E-state index in [1.54, 1.807) is 0 Å². The van der Waals surface area contributed by atoms with Crippen molar-refractivity contribution < 1.29 is 0 Å². The Morgan fingerprint density at radius 3 is 1.67 bits per heavy atom. The summed E-state index contributed by atoms with van der Waals surface area (Å²) in [4.78, 5) is 0. The summed E-state index contributed by atoms with van der Waals surface area (Å²) in [5.41, 5.74) is 2.82. The number of hydrogen-bond acceptors (Lipinski definition) is 1. The van der Waals surface area contributed by atoms with Gasteiger partial charge in [-0.2, -0.15) is 0 Å². The van der Waals surface area contributed by atoms with Crippen LogP contribution >= 0.6 is 0 Å². The molecule has 0 amide bonds. The normalized spacial score (nSPS) is 14.1. The summed E-state index contributed by atoms with van der Waals surface area (Å²) in [6.07, 6.45) is 1.16. The molecule has 0 radical (unpaired) electrons. The summed E-state index contributed by atoms with van der Waals surface area (Å²) in [5, 5.41) is 3.65. The third-order valence-corrected chi connectivity index (χ3v) is 4.38. The first-order chi connectivity index (χ1) is 10.3. The Hall–Kier alpha value is -1.60. The predicted molar refractivity (Wildman–Crippen MR) is 91.6 cm³/mol. The fourth-order valence-corrected chi connectivity index (χ4v) is 3.32. The summed E-state index contributed by atoms with van der Waals surface area (Å²) in [7, 11) is 0. The summed E-state index contributed by atoms with van der Waals surface area (Å²) < 4.78 is 0. The second-order valence-electron chi connectivity index (χ2n) is 5.73. The van der Waals surface area contributed by atoms with Crippen molar-refractivity contribution in [3.63, 3.8) is 0 Å². The smallest absolute Gasteiger partial charge is 0.0130 e. The van der Waals surface area contributed by atoms with Gasteiger partial charge >= 0.3 is 0 Å². The van der Waals surface area contributed by atoms with Crippen LogP contribution in [0.1, 0.15) is 44.2 Å². The van der Waals surface area contributed by atoms with Crippen LogP contribution in [-0.2, 0) is 0 Å². The van der Waals surface area contributed by atoms with Gasteiger partial charge < -0.3 is 5.32 Å². The van der Waals surface area contributed by atoms with E-state index < -0.39 is 0 Å². The first kappa shape index (κ1) is 15.8. The van der Waals surface area contributed by atoms with Gasteiger partial charge in [-0.3, -0.25) is 0 Å². The van der Waals surface area contributed by atoms with E-state index in [0.717, 1.165) is 13.0 Å². The van der Waals surface area contributed by atoms with Crippen molar-refractivity contribution >= 4 is 0 Å². The van der Waals surface area contributed by atoms with E-state index in [1.165, 1.54) is 11.1 Å². The molecule has 112 valence electrons. The van der Waals surface area contributed by atoms with Gasteiger partial charge in [0.15, 0.2) is 0 Å². The standard InChI is InChI=1S/C20H27N/c1-4-19(21-5-2)16(3)20(17-12-8-6-9-13-17)18-14-10-7-11-15-18/h6-16,19-21H,4-5H2,1-3H3. The molecule has 0 aromatic heterocycles. The molecule has 0 heterocycles. The van der Waals surface area contributed by atoms with Crippen LogP contribution in [0.5, 0.6) is 0 Å². The second kappa shape index (κ2) is 7.99. The SMILES string of the molecule is CCNC(CC)C(C)C(c1ccccc1)c1ccccc1. The third kappa shape index (κ3) is 3.95. The first-order valence-corrected chi connectivity index (χ1v) is 8.11. The van der Waals surface area contributed by atoms with Gasteiger partial charge in [0, 0.05) is 12.0 Å². The molecule has 0 aliphatic rings. The van der Waals surface area contributed by atoms with Crippen molar-refractivity contribution in [1.82, 2.24) is 5.32 Å². The van der Waals surface area contributed by atoms with E-state index >= 15 is 0 Å². The maximum atomic E-state index is 3.65. The van der Waals surface area contributed by atoms with Crippen LogP contribution in [0.4, 0.5) is 0 Å². The summed E-state index contributed by atoms with van der Waals surface area (Å²) in [6.45, 7) is 7.87. The van der Waals surface area contributed by atoms with E-state index in [0.29, 0.717) is 17.9 Å². The van der Waals surface area contributed by atoms with Gasteiger partial charge in [0.05, 0.1) is 0 Å². The molecule has 0 spiro atoms. The third-order valence-electron chi connectivity index (χ3n) is 4.38. The fourth-order valence-electron chi connectivity index (χ4n) is 3.32. The van der Waals surface area contributed by atoms with Gasteiger partial charge in [0.1, 0.15) is 0 Å². The quantitative estimate of drug-likeness (QED) is 0.765. The average Bonchev–Trinajstić information content (AvgIpc) is 2.55. The molecule has 2 rings (SSSR count). The maximum absolute atomic E-state index is 3.65. The highest BCUT2D eigenvalue weighted by molar-refractivity contribution is 5.33. The Kier molecular flexibility index (Phi) is 6.01. The summed E-state index contributed by atoms with van der Waals surface area (Å²) in [5.74, 6) is 0.996. The Balaban J connectivity index is 2.37. The molecule has 0 saturated heterocycles. The molecule has 1 N–H and O–H groups in total. The van der Waals surface area contributed by atoms with E-state index in [9.17, 15) is 0 Å². The molecule has 1 nitrogen and oxygen atoms in total. The van der Waals surface area contributed by atoms with Crippen molar-refractivity contribution in [2.24, 2.45) is 5.92 Å². The topological polar surface area (TPSA) is 12.0 Å². The van der Waals surface area contributed by atoms with Crippen molar-refractivity contribution in [2.75, 3.05) is 6.54 Å². The van der Waals surface area contributed by atoms with Crippen LogP contribution < -0.4 is 5.32 Å². The van der Waals surface area contributed by atoms with Gasteiger partial charge in [-0.1, -0.05) is 81.4 Å². The lowest BCUT2D eigenvalue weighted by atomic mass is 9.77. The molecule has 2 aromatic rings. The van der Waals surface area contributed by atoms with Gasteiger partial charge in [-0.05, 0) is 30.0 Å². The largest absolute Gasteiger partial charge is 0.314 e. The Bertz CT molecular complexity index is 466. The van der Waals surface area contributed by atoms with Crippen LogP contribution in [0.2, 0.25) is 0 Å². The highest BCUT2D eigenvalue weighted by atomic mass is 14.9. The zero-order chi connectivity index (χ0) is 15.1. The monoisotopic (exact) mass is 281 g/mol. The molecule has 0 bridgehead atoms. The lowest BCUT2D eigenvalue weighted by Gasteiger charge is -2.32. The van der Waals surface area contributed by atoms with Gasteiger partial charge in [0.25, 0.3) is 0 Å². The molecule has 2 atom stereocenters. The van der Waals surface area contributed by atoms with Gasteiger partial charge in [0.2, 0.25) is 0 Å². The number of rotatable bonds is 7. The van der Waals surface area contributed by atoms with Crippen LogP contribution in [-0.4, -0.2) is 12.6 Å². The molecule has 21 heavy (non-hydrogen) atoms. The highest BCUT2D eigenvalue weighted by Gasteiger charge is 2.26. The fraction of sp³-hybridized carbons (Fsp3) is 0.400. The maximum Gasteiger partial charge on any atom is 0.0130 e. The van der Waals surface area contributed by atoms with E-state index in [2.05, 4.69) is 86.8 Å². The number of hydrogen-bond donors (Lipinski definition) is 1. The average molecular weight is 281 g/mol. The Morgan fingerprint density at radius 1 is 0.810 bits per heavy atom. The number of nitrogens with one attached hydrogen (secondary N) is 1. The minimum atomic E-state index is 0.441. The van der Waals surface area contributed by atoms with E-state index in [4.69, 9.17) is 0 Å². The van der Waals surface area contributed by atoms with Crippen molar-refractivity contribution in [3.05, 3.63) is 71.8 Å². The molecule has 2 aromatic carbocycles. The van der Waals surface area contributed by atoms with Crippen LogP contribution in [0.25, 0.3) is 0 Å². The van der Waals surface area contributed by atoms with E-state index in [-0.39, 0.29) is 0 Å². The van der Waals surface area contributed by atoms with Crippen LogP contribution in [0.3, 0.4) is 0 Å². The minimum absolute atomic E-state index is 0.441. The molecule has 0 saturated carbocycles. The zero-order valence-electron chi connectivity index (χ0n) is 13.4.